The molecule has 0 aromatic heterocycles. The van der Waals surface area contributed by atoms with Crippen LogP contribution in [0, 0.1) is 0 Å². The van der Waals surface area contributed by atoms with Gasteiger partial charge in [0.1, 0.15) is 11.5 Å². The van der Waals surface area contributed by atoms with Gasteiger partial charge in [-0.1, -0.05) is 24.3 Å². The third-order valence-electron chi connectivity index (χ3n) is 6.35. The Morgan fingerprint density at radius 3 is 2.32 bits per heavy atom. The number of piperidine rings is 1. The molecular weight excluding hydrogens is 354 g/mol. The molecule has 0 amide bonds. The van der Waals surface area contributed by atoms with Crippen LogP contribution in [-0.4, -0.2) is 39.4 Å². The second-order valence-corrected chi connectivity index (χ2v) is 7.68. The molecular formula is C23H27NO4. The van der Waals surface area contributed by atoms with E-state index in [9.17, 15) is 4.79 Å². The van der Waals surface area contributed by atoms with Gasteiger partial charge >= 0.3 is 5.97 Å². The Balaban J connectivity index is 1.74. The number of rotatable bonds is 5. The largest absolute Gasteiger partial charge is 0.497 e. The molecule has 0 radical (unpaired) electrons. The molecule has 0 N–H and O–H groups in total. The van der Waals surface area contributed by atoms with Crippen LogP contribution in [0.25, 0.3) is 0 Å². The fraction of sp³-hybridized carbons (Fsp3) is 0.435. The highest BCUT2D eigenvalue weighted by atomic mass is 16.5. The van der Waals surface area contributed by atoms with Crippen LogP contribution in [0.15, 0.2) is 48.5 Å². The average molecular weight is 381 g/mol. The van der Waals surface area contributed by atoms with Crippen molar-refractivity contribution in [2.45, 2.75) is 43.2 Å². The van der Waals surface area contributed by atoms with E-state index in [1.54, 1.807) is 14.2 Å². The van der Waals surface area contributed by atoms with Crippen molar-refractivity contribution < 1.29 is 19.0 Å². The second-order valence-electron chi connectivity index (χ2n) is 7.68. The third-order valence-corrected chi connectivity index (χ3v) is 6.35. The lowest BCUT2D eigenvalue weighted by Gasteiger charge is -2.46. The van der Waals surface area contributed by atoms with Crippen LogP contribution in [-0.2, 0) is 14.9 Å². The van der Waals surface area contributed by atoms with Crippen LogP contribution in [0.1, 0.15) is 31.2 Å². The summed E-state index contributed by atoms with van der Waals surface area (Å²) in [5.41, 5.74) is 1.45. The van der Waals surface area contributed by atoms with E-state index >= 15 is 0 Å². The number of hydrogen-bond acceptors (Lipinski definition) is 5. The number of carbonyl (C=O) groups is 1. The third kappa shape index (κ3) is 2.89. The number of carbonyl (C=O) groups excluding carboxylic acids is 1. The summed E-state index contributed by atoms with van der Waals surface area (Å²) in [7, 11) is 4.84. The minimum Gasteiger partial charge on any atom is -0.497 e. The van der Waals surface area contributed by atoms with Crippen LogP contribution in [0.3, 0.4) is 0 Å². The quantitative estimate of drug-likeness (QED) is 0.734. The average Bonchev–Trinajstić information content (AvgIpc) is 3.02. The lowest BCUT2D eigenvalue weighted by Crippen LogP contribution is -2.53. The van der Waals surface area contributed by atoms with E-state index in [-0.39, 0.29) is 18.1 Å². The van der Waals surface area contributed by atoms with Gasteiger partial charge in [-0.2, -0.15) is 0 Å². The lowest BCUT2D eigenvalue weighted by atomic mass is 9.69. The summed E-state index contributed by atoms with van der Waals surface area (Å²) in [4.78, 5) is 15.5. The number of hydrogen-bond donors (Lipinski definition) is 0. The molecule has 2 unspecified atom stereocenters. The van der Waals surface area contributed by atoms with Crippen molar-refractivity contribution in [1.29, 1.82) is 0 Å². The highest BCUT2D eigenvalue weighted by Gasteiger charge is 2.54. The Hall–Kier alpha value is -2.69. The number of ether oxygens (including phenoxy) is 3. The van der Waals surface area contributed by atoms with Crippen molar-refractivity contribution in [3.8, 4) is 11.5 Å². The van der Waals surface area contributed by atoms with Crippen molar-refractivity contribution in [3.05, 3.63) is 54.1 Å². The Morgan fingerprint density at radius 2 is 1.68 bits per heavy atom. The molecule has 0 saturated carbocycles. The molecule has 2 bridgehead atoms. The fourth-order valence-electron chi connectivity index (χ4n) is 5.12. The van der Waals surface area contributed by atoms with Crippen molar-refractivity contribution in [2.24, 2.45) is 0 Å². The zero-order valence-corrected chi connectivity index (χ0v) is 16.7. The Morgan fingerprint density at radius 1 is 0.964 bits per heavy atom. The molecule has 2 atom stereocenters. The number of methoxy groups -OCH3 is 3. The van der Waals surface area contributed by atoms with Crippen LogP contribution in [0.2, 0.25) is 0 Å². The summed E-state index contributed by atoms with van der Waals surface area (Å²) in [5.74, 6) is 1.49. The summed E-state index contributed by atoms with van der Waals surface area (Å²) in [6.45, 7) is 0. The molecule has 148 valence electrons. The van der Waals surface area contributed by atoms with Crippen LogP contribution >= 0.6 is 0 Å². The van der Waals surface area contributed by atoms with Gasteiger partial charge in [0.25, 0.3) is 0 Å². The normalized spacial score (nSPS) is 26.0. The van der Waals surface area contributed by atoms with Crippen molar-refractivity contribution in [2.75, 3.05) is 26.2 Å². The molecule has 4 rings (SSSR count). The predicted octanol–water partition coefficient (Wildman–Crippen LogP) is 3.95. The molecule has 28 heavy (non-hydrogen) atoms. The standard InChI is InChI=1S/C23H27NO4/c1-26-19-8-6-7-16(13-19)23(22(25)28-3)14-17-11-12-18(15-23)24(17)20-9-4-5-10-21(20)27-2/h4-10,13,17-18H,11-12,14-15H2,1-3H3. The number of para-hydroxylation sites is 2. The van der Waals surface area contributed by atoms with Crippen molar-refractivity contribution in [1.82, 2.24) is 0 Å². The Bertz CT molecular complexity index is 851. The maximum absolute atomic E-state index is 13.1. The van der Waals surface area contributed by atoms with E-state index in [1.807, 2.05) is 42.5 Å². The summed E-state index contributed by atoms with van der Waals surface area (Å²) >= 11 is 0. The lowest BCUT2D eigenvalue weighted by molar-refractivity contribution is -0.149. The first-order valence-corrected chi connectivity index (χ1v) is 9.77. The summed E-state index contributed by atoms with van der Waals surface area (Å²) < 4.78 is 16.3. The molecule has 0 aliphatic carbocycles. The molecule has 5 nitrogen and oxygen atoms in total. The van der Waals surface area contributed by atoms with Gasteiger partial charge in [0.05, 0.1) is 32.4 Å². The summed E-state index contributed by atoms with van der Waals surface area (Å²) in [6, 6.07) is 16.5. The van der Waals surface area contributed by atoms with Crippen molar-refractivity contribution in [3.63, 3.8) is 0 Å². The van der Waals surface area contributed by atoms with Crippen LogP contribution in [0.4, 0.5) is 5.69 Å². The first kappa shape index (κ1) is 18.7. The van der Waals surface area contributed by atoms with Gasteiger partial charge in [0, 0.05) is 12.1 Å². The number of esters is 1. The molecule has 2 saturated heterocycles. The van der Waals surface area contributed by atoms with E-state index in [2.05, 4.69) is 11.0 Å². The van der Waals surface area contributed by atoms with E-state index in [0.29, 0.717) is 0 Å². The highest BCUT2D eigenvalue weighted by molar-refractivity contribution is 5.84. The van der Waals surface area contributed by atoms with Gasteiger partial charge in [-0.25, -0.2) is 0 Å². The maximum atomic E-state index is 13.1. The molecule has 5 heteroatoms. The molecule has 2 heterocycles. The molecule has 2 fully saturated rings. The molecule has 2 aliphatic heterocycles. The first-order chi connectivity index (χ1) is 13.6. The minimum absolute atomic E-state index is 0.155. The van der Waals surface area contributed by atoms with Gasteiger partial charge in [0.2, 0.25) is 0 Å². The van der Waals surface area contributed by atoms with Crippen LogP contribution in [0.5, 0.6) is 11.5 Å². The van der Waals surface area contributed by atoms with Crippen molar-refractivity contribution >= 4 is 11.7 Å². The zero-order valence-electron chi connectivity index (χ0n) is 16.7. The highest BCUT2D eigenvalue weighted by Crippen LogP contribution is 2.51. The fourth-order valence-corrected chi connectivity index (χ4v) is 5.12. The number of fused-ring (bicyclic) bond motifs is 2. The smallest absolute Gasteiger partial charge is 0.316 e. The topological polar surface area (TPSA) is 48.0 Å². The van der Waals surface area contributed by atoms with Gasteiger partial charge in [-0.3, -0.25) is 4.79 Å². The van der Waals surface area contributed by atoms with Crippen LogP contribution < -0.4 is 14.4 Å². The van der Waals surface area contributed by atoms with E-state index < -0.39 is 5.41 Å². The molecule has 0 spiro atoms. The number of nitrogens with zero attached hydrogens (tertiary/aromatic N) is 1. The van der Waals surface area contributed by atoms with Gasteiger partial charge in [0.15, 0.2) is 0 Å². The molecule has 2 aliphatic rings. The van der Waals surface area contributed by atoms with Gasteiger partial charge < -0.3 is 19.1 Å². The minimum atomic E-state index is -0.645. The zero-order chi connectivity index (χ0) is 19.7. The number of anilines is 1. The second kappa shape index (κ2) is 7.38. The first-order valence-electron chi connectivity index (χ1n) is 9.77. The summed E-state index contributed by atoms with van der Waals surface area (Å²) in [6.07, 6.45) is 3.57. The van der Waals surface area contributed by atoms with E-state index in [1.165, 1.54) is 7.11 Å². The van der Waals surface area contributed by atoms with Gasteiger partial charge in [-0.15, -0.1) is 0 Å². The number of benzene rings is 2. The van der Waals surface area contributed by atoms with Gasteiger partial charge in [-0.05, 0) is 55.5 Å². The predicted molar refractivity (Wildman–Crippen MR) is 108 cm³/mol. The molecule has 2 aromatic rings. The Labute approximate surface area is 166 Å². The Kier molecular flexibility index (Phi) is 4.92. The summed E-state index contributed by atoms with van der Waals surface area (Å²) in [5, 5.41) is 0. The SMILES string of the molecule is COC(=O)C1(c2cccc(OC)c2)CC2CCC(C1)N2c1ccccc1OC. The maximum Gasteiger partial charge on any atom is 0.316 e. The molecule has 2 aromatic carbocycles. The van der Waals surface area contributed by atoms with E-state index in [0.717, 1.165) is 48.4 Å². The van der Waals surface area contributed by atoms with E-state index in [4.69, 9.17) is 14.2 Å². The monoisotopic (exact) mass is 381 g/mol.